The average molecular weight is 300 g/mol. The molecule has 0 saturated carbocycles. The predicted molar refractivity (Wildman–Crippen MR) is 82.0 cm³/mol. The number of amides is 1. The van der Waals surface area contributed by atoms with Crippen molar-refractivity contribution in [2.24, 2.45) is 0 Å². The average Bonchev–Trinajstić information content (AvgIpc) is 3.23. The van der Waals surface area contributed by atoms with Gasteiger partial charge < -0.3 is 13.9 Å². The fraction of sp³-hybridized carbons (Fsp3) is 0.438. The number of aromatic nitrogens is 3. The van der Waals surface area contributed by atoms with Crippen LogP contribution in [0.25, 0.3) is 6.08 Å². The first kappa shape index (κ1) is 14.6. The summed E-state index contributed by atoms with van der Waals surface area (Å²) in [6.45, 7) is 4.41. The molecule has 116 valence electrons. The molecule has 3 heterocycles. The molecule has 1 amide bonds. The van der Waals surface area contributed by atoms with Crippen molar-refractivity contribution < 1.29 is 9.21 Å². The summed E-state index contributed by atoms with van der Waals surface area (Å²) in [4.78, 5) is 14.2. The van der Waals surface area contributed by atoms with E-state index in [0.717, 1.165) is 31.8 Å². The van der Waals surface area contributed by atoms with Crippen LogP contribution in [0.15, 0.2) is 35.2 Å². The van der Waals surface area contributed by atoms with Crippen molar-refractivity contribution in [2.75, 3.05) is 13.1 Å². The van der Waals surface area contributed by atoms with Crippen LogP contribution in [0.2, 0.25) is 0 Å². The summed E-state index contributed by atoms with van der Waals surface area (Å²) in [5, 5.41) is 8.22. The van der Waals surface area contributed by atoms with Gasteiger partial charge in [-0.3, -0.25) is 4.79 Å². The Hall–Kier alpha value is -2.37. The lowest BCUT2D eigenvalue weighted by Gasteiger charge is -2.31. The highest BCUT2D eigenvalue weighted by molar-refractivity contribution is 5.91. The topological polar surface area (TPSA) is 64.2 Å². The molecule has 1 unspecified atom stereocenters. The molecule has 0 bridgehead atoms. The van der Waals surface area contributed by atoms with Gasteiger partial charge in [0.1, 0.15) is 17.9 Å². The minimum Gasteiger partial charge on any atom is -0.465 e. The Kier molecular flexibility index (Phi) is 4.37. The third kappa shape index (κ3) is 3.10. The molecule has 6 heteroatoms. The first-order valence-electron chi connectivity index (χ1n) is 7.66. The van der Waals surface area contributed by atoms with Crippen molar-refractivity contribution in [3.63, 3.8) is 0 Å². The Bertz CT molecular complexity index is 645. The van der Waals surface area contributed by atoms with E-state index in [4.69, 9.17) is 4.42 Å². The van der Waals surface area contributed by atoms with Crippen molar-refractivity contribution >= 4 is 12.0 Å². The van der Waals surface area contributed by atoms with Gasteiger partial charge in [-0.05, 0) is 38.0 Å². The third-order valence-corrected chi connectivity index (χ3v) is 4.02. The maximum Gasteiger partial charge on any atom is 0.246 e. The molecule has 0 radical (unpaired) electrons. The van der Waals surface area contributed by atoms with Gasteiger partial charge in [0, 0.05) is 31.6 Å². The minimum absolute atomic E-state index is 0.0173. The second-order valence-electron chi connectivity index (χ2n) is 5.45. The molecular weight excluding hydrogens is 280 g/mol. The Morgan fingerprint density at radius 1 is 1.55 bits per heavy atom. The highest BCUT2D eigenvalue weighted by atomic mass is 16.3. The normalized spacial score (nSPS) is 19.0. The monoisotopic (exact) mass is 300 g/mol. The molecule has 1 saturated heterocycles. The van der Waals surface area contributed by atoms with E-state index in [9.17, 15) is 4.79 Å². The Morgan fingerprint density at radius 3 is 3.23 bits per heavy atom. The predicted octanol–water partition coefficient (Wildman–Crippen LogP) is 2.31. The molecular formula is C16H20N4O2. The highest BCUT2D eigenvalue weighted by Gasteiger charge is 2.26. The number of rotatable bonds is 4. The zero-order valence-electron chi connectivity index (χ0n) is 12.7. The molecule has 1 atom stereocenters. The number of nitrogens with zero attached hydrogens (tertiary/aromatic N) is 4. The molecule has 6 nitrogen and oxygen atoms in total. The summed E-state index contributed by atoms with van der Waals surface area (Å²) in [6.07, 6.45) is 8.67. The molecule has 2 aromatic heterocycles. The summed E-state index contributed by atoms with van der Waals surface area (Å²) in [5.74, 6) is 1.95. The first-order valence-corrected chi connectivity index (χ1v) is 7.66. The Morgan fingerprint density at radius 2 is 2.45 bits per heavy atom. The van der Waals surface area contributed by atoms with E-state index in [1.165, 1.54) is 0 Å². The summed E-state index contributed by atoms with van der Waals surface area (Å²) in [5.41, 5.74) is 0. The Labute approximate surface area is 129 Å². The smallest absolute Gasteiger partial charge is 0.246 e. The van der Waals surface area contributed by atoms with Crippen LogP contribution in [0.5, 0.6) is 0 Å². The van der Waals surface area contributed by atoms with Gasteiger partial charge in [-0.2, -0.15) is 0 Å². The van der Waals surface area contributed by atoms with Crippen LogP contribution in [0, 0.1) is 0 Å². The van der Waals surface area contributed by atoms with Crippen LogP contribution in [0.3, 0.4) is 0 Å². The van der Waals surface area contributed by atoms with Crippen molar-refractivity contribution in [3.05, 3.63) is 42.4 Å². The van der Waals surface area contributed by atoms with Crippen LogP contribution < -0.4 is 0 Å². The molecule has 0 N–H and O–H groups in total. The van der Waals surface area contributed by atoms with E-state index >= 15 is 0 Å². The van der Waals surface area contributed by atoms with E-state index < -0.39 is 0 Å². The zero-order chi connectivity index (χ0) is 15.4. The molecule has 1 fully saturated rings. The minimum atomic E-state index is 0.0173. The lowest BCUT2D eigenvalue weighted by molar-refractivity contribution is -0.127. The standard InChI is InChI=1S/C16H20N4O2/c1-2-19-12-17-18-16(19)13-5-3-9-20(11-13)15(21)8-7-14-6-4-10-22-14/h4,6-8,10,12-13H,2-3,5,9,11H2,1H3. The molecule has 0 aliphatic carbocycles. The largest absolute Gasteiger partial charge is 0.465 e. The summed E-state index contributed by atoms with van der Waals surface area (Å²) in [7, 11) is 0. The van der Waals surface area contributed by atoms with Gasteiger partial charge in [0.2, 0.25) is 5.91 Å². The molecule has 0 spiro atoms. The van der Waals surface area contributed by atoms with Crippen molar-refractivity contribution in [3.8, 4) is 0 Å². The lowest BCUT2D eigenvalue weighted by atomic mass is 9.97. The third-order valence-electron chi connectivity index (χ3n) is 4.02. The number of furan rings is 1. The van der Waals surface area contributed by atoms with Gasteiger partial charge in [0.15, 0.2) is 0 Å². The van der Waals surface area contributed by atoms with E-state index in [1.54, 1.807) is 30.8 Å². The second kappa shape index (κ2) is 6.60. The van der Waals surface area contributed by atoms with Gasteiger partial charge in [0.25, 0.3) is 0 Å². The van der Waals surface area contributed by atoms with Gasteiger partial charge in [-0.25, -0.2) is 0 Å². The maximum atomic E-state index is 12.3. The number of carbonyl (C=O) groups is 1. The van der Waals surface area contributed by atoms with Gasteiger partial charge in [-0.15, -0.1) is 10.2 Å². The number of aryl methyl sites for hydroxylation is 1. The zero-order valence-corrected chi connectivity index (χ0v) is 12.7. The second-order valence-corrected chi connectivity index (χ2v) is 5.45. The Balaban J connectivity index is 1.66. The lowest BCUT2D eigenvalue weighted by Crippen LogP contribution is -2.38. The van der Waals surface area contributed by atoms with Crippen molar-refractivity contribution in [2.45, 2.75) is 32.2 Å². The van der Waals surface area contributed by atoms with E-state index in [2.05, 4.69) is 21.7 Å². The van der Waals surface area contributed by atoms with Crippen LogP contribution >= 0.6 is 0 Å². The molecule has 2 aromatic rings. The number of piperidine rings is 1. The number of likely N-dealkylation sites (tertiary alicyclic amines) is 1. The fourth-order valence-electron chi connectivity index (χ4n) is 2.86. The van der Waals surface area contributed by atoms with E-state index in [0.29, 0.717) is 12.3 Å². The van der Waals surface area contributed by atoms with Crippen LogP contribution in [-0.2, 0) is 11.3 Å². The SMILES string of the molecule is CCn1cnnc1C1CCCN(C(=O)C=Cc2ccco2)C1. The van der Waals surface area contributed by atoms with E-state index in [1.807, 2.05) is 11.0 Å². The number of hydrogen-bond acceptors (Lipinski definition) is 4. The molecule has 0 aromatic carbocycles. The summed E-state index contributed by atoms with van der Waals surface area (Å²) >= 11 is 0. The van der Waals surface area contributed by atoms with E-state index in [-0.39, 0.29) is 11.8 Å². The van der Waals surface area contributed by atoms with Crippen LogP contribution in [0.1, 0.15) is 37.3 Å². The van der Waals surface area contributed by atoms with Gasteiger partial charge in [0.05, 0.1) is 6.26 Å². The quantitative estimate of drug-likeness (QED) is 0.813. The number of carbonyl (C=O) groups excluding carboxylic acids is 1. The summed E-state index contributed by atoms with van der Waals surface area (Å²) in [6, 6.07) is 3.63. The maximum absolute atomic E-state index is 12.3. The molecule has 3 rings (SSSR count). The van der Waals surface area contributed by atoms with Gasteiger partial charge in [-0.1, -0.05) is 0 Å². The van der Waals surface area contributed by atoms with Gasteiger partial charge >= 0.3 is 0 Å². The fourth-order valence-corrected chi connectivity index (χ4v) is 2.86. The highest BCUT2D eigenvalue weighted by Crippen LogP contribution is 2.25. The summed E-state index contributed by atoms with van der Waals surface area (Å²) < 4.78 is 7.26. The molecule has 1 aliphatic rings. The van der Waals surface area contributed by atoms with Crippen molar-refractivity contribution in [1.29, 1.82) is 0 Å². The van der Waals surface area contributed by atoms with Crippen molar-refractivity contribution in [1.82, 2.24) is 19.7 Å². The number of hydrogen-bond donors (Lipinski definition) is 0. The van der Waals surface area contributed by atoms with Crippen LogP contribution in [-0.4, -0.2) is 38.7 Å². The first-order chi connectivity index (χ1) is 10.8. The molecule has 1 aliphatic heterocycles. The molecule has 22 heavy (non-hydrogen) atoms. The van der Waals surface area contributed by atoms with Crippen LogP contribution in [0.4, 0.5) is 0 Å².